The number of nitro benzene ring substituents is 1. The first-order chi connectivity index (χ1) is 15.9. The Morgan fingerprint density at radius 2 is 1.76 bits per heavy atom. The molecule has 3 rings (SSSR count). The molecule has 10 heteroatoms. The molecule has 0 unspecified atom stereocenters. The van der Waals surface area contributed by atoms with Crippen LogP contribution in [0.2, 0.25) is 0 Å². The molecule has 0 atom stereocenters. The van der Waals surface area contributed by atoms with E-state index in [9.17, 15) is 19.7 Å². The van der Waals surface area contributed by atoms with Crippen molar-refractivity contribution in [3.63, 3.8) is 0 Å². The minimum absolute atomic E-state index is 0.0903. The number of esters is 1. The standard InChI is InChI=1S/C24H26BNO8/c1-23(2)24(3,4)34-25(33-23)18-8-6-7-17(14-18)20(27)15-32-21-13-16(10-12-22(28)31-5)9-11-19(21)26(29)30/h6-14H,15H2,1-5H3/b12-10+. The lowest BCUT2D eigenvalue weighted by Gasteiger charge is -2.32. The van der Waals surface area contributed by atoms with Crippen molar-refractivity contribution < 1.29 is 33.3 Å². The van der Waals surface area contributed by atoms with Crippen LogP contribution in [0.1, 0.15) is 43.6 Å². The van der Waals surface area contributed by atoms with E-state index in [1.165, 1.54) is 37.5 Å². The lowest BCUT2D eigenvalue weighted by atomic mass is 9.78. The summed E-state index contributed by atoms with van der Waals surface area (Å²) < 4.78 is 22.1. The number of nitro groups is 1. The van der Waals surface area contributed by atoms with Gasteiger partial charge in [-0.2, -0.15) is 0 Å². The Balaban J connectivity index is 1.76. The molecular formula is C24H26BNO8. The monoisotopic (exact) mass is 467 g/mol. The number of rotatable bonds is 8. The van der Waals surface area contributed by atoms with Crippen molar-refractivity contribution in [1.29, 1.82) is 0 Å². The average molecular weight is 467 g/mol. The van der Waals surface area contributed by atoms with Crippen molar-refractivity contribution in [3.05, 3.63) is 69.8 Å². The predicted molar refractivity (Wildman–Crippen MR) is 126 cm³/mol. The summed E-state index contributed by atoms with van der Waals surface area (Å²) in [5, 5.41) is 11.4. The van der Waals surface area contributed by atoms with Crippen LogP contribution in [0.25, 0.3) is 6.08 Å². The molecule has 2 aromatic rings. The van der Waals surface area contributed by atoms with Gasteiger partial charge in [0.25, 0.3) is 0 Å². The molecule has 0 bridgehead atoms. The topological polar surface area (TPSA) is 114 Å². The average Bonchev–Trinajstić information content (AvgIpc) is 3.02. The van der Waals surface area contributed by atoms with Gasteiger partial charge in [0.2, 0.25) is 0 Å². The fourth-order valence-corrected chi connectivity index (χ4v) is 3.20. The lowest BCUT2D eigenvalue weighted by Crippen LogP contribution is -2.41. The van der Waals surface area contributed by atoms with Gasteiger partial charge in [0.15, 0.2) is 18.1 Å². The second kappa shape index (κ2) is 9.78. The number of carbonyl (C=O) groups is 2. The van der Waals surface area contributed by atoms with Gasteiger partial charge in [0.1, 0.15) is 0 Å². The minimum atomic E-state index is -0.627. The van der Waals surface area contributed by atoms with E-state index >= 15 is 0 Å². The fourth-order valence-electron chi connectivity index (χ4n) is 3.20. The number of Topliss-reactive ketones (excluding diaryl/α,β-unsaturated/α-hetero) is 1. The molecule has 1 aliphatic heterocycles. The summed E-state index contributed by atoms with van der Waals surface area (Å²) >= 11 is 0. The van der Waals surface area contributed by atoms with Crippen LogP contribution in [0.3, 0.4) is 0 Å². The van der Waals surface area contributed by atoms with Crippen LogP contribution in [0.15, 0.2) is 48.5 Å². The molecule has 0 amide bonds. The van der Waals surface area contributed by atoms with Crippen LogP contribution >= 0.6 is 0 Å². The predicted octanol–water partition coefficient (Wildman–Crippen LogP) is 3.34. The molecule has 0 spiro atoms. The van der Waals surface area contributed by atoms with E-state index in [4.69, 9.17) is 14.0 Å². The number of ether oxygens (including phenoxy) is 2. The zero-order chi connectivity index (χ0) is 25.1. The van der Waals surface area contributed by atoms with E-state index in [-0.39, 0.29) is 17.2 Å². The first-order valence-electron chi connectivity index (χ1n) is 10.6. The van der Waals surface area contributed by atoms with Crippen LogP contribution < -0.4 is 10.2 Å². The van der Waals surface area contributed by atoms with Gasteiger partial charge >= 0.3 is 18.8 Å². The van der Waals surface area contributed by atoms with Crippen LogP contribution in [0, 0.1) is 10.1 Å². The molecule has 0 aromatic heterocycles. The van der Waals surface area contributed by atoms with Crippen molar-refractivity contribution in [2.45, 2.75) is 38.9 Å². The SMILES string of the molecule is COC(=O)/C=C/c1ccc([N+](=O)[O-])c(OCC(=O)c2cccc(B3OC(C)(C)C(C)(C)O3)c2)c1. The molecule has 1 fully saturated rings. The van der Waals surface area contributed by atoms with E-state index < -0.39 is 35.8 Å². The van der Waals surface area contributed by atoms with Gasteiger partial charge in [-0.15, -0.1) is 0 Å². The van der Waals surface area contributed by atoms with Crippen LogP contribution in [0.5, 0.6) is 5.75 Å². The van der Waals surface area contributed by atoms with Crippen molar-refractivity contribution in [3.8, 4) is 5.75 Å². The number of methoxy groups -OCH3 is 1. The first kappa shape index (κ1) is 25.1. The number of nitrogens with zero attached hydrogens (tertiary/aromatic N) is 1. The molecule has 0 aliphatic carbocycles. The number of benzene rings is 2. The summed E-state index contributed by atoms with van der Waals surface area (Å²) in [6.45, 7) is 7.35. The third-order valence-electron chi connectivity index (χ3n) is 5.89. The van der Waals surface area contributed by atoms with E-state index in [1.54, 1.807) is 18.2 Å². The Kier molecular flexibility index (Phi) is 7.23. The Morgan fingerprint density at radius 3 is 2.38 bits per heavy atom. The van der Waals surface area contributed by atoms with Crippen molar-refractivity contribution in [1.82, 2.24) is 0 Å². The van der Waals surface area contributed by atoms with Gasteiger partial charge < -0.3 is 18.8 Å². The van der Waals surface area contributed by atoms with Gasteiger partial charge in [-0.1, -0.05) is 24.3 Å². The van der Waals surface area contributed by atoms with Gasteiger partial charge in [0, 0.05) is 17.7 Å². The Labute approximate surface area is 197 Å². The van der Waals surface area contributed by atoms with Crippen LogP contribution in [0.4, 0.5) is 5.69 Å². The summed E-state index contributed by atoms with van der Waals surface area (Å²) in [5.41, 5.74) is 0.178. The summed E-state index contributed by atoms with van der Waals surface area (Å²) in [4.78, 5) is 34.9. The van der Waals surface area contributed by atoms with Crippen molar-refractivity contribution in [2.24, 2.45) is 0 Å². The second-order valence-electron chi connectivity index (χ2n) is 8.77. The van der Waals surface area contributed by atoms with E-state index in [0.717, 1.165) is 0 Å². The minimum Gasteiger partial charge on any atom is -0.478 e. The maximum Gasteiger partial charge on any atom is 0.494 e. The molecule has 0 radical (unpaired) electrons. The molecule has 9 nitrogen and oxygen atoms in total. The molecule has 2 aromatic carbocycles. The molecule has 1 heterocycles. The Hall–Kier alpha value is -3.50. The molecule has 0 N–H and O–H groups in total. The molecule has 178 valence electrons. The zero-order valence-corrected chi connectivity index (χ0v) is 19.7. The number of ketones is 1. The summed E-state index contributed by atoms with van der Waals surface area (Å²) in [6.07, 6.45) is 2.61. The molecule has 1 saturated heterocycles. The molecule has 0 saturated carbocycles. The molecule has 1 aliphatic rings. The third kappa shape index (κ3) is 5.52. The van der Waals surface area contributed by atoms with Gasteiger partial charge in [0.05, 0.1) is 23.2 Å². The number of hydrogen-bond acceptors (Lipinski definition) is 8. The highest BCUT2D eigenvalue weighted by Gasteiger charge is 2.51. The van der Waals surface area contributed by atoms with E-state index in [2.05, 4.69) is 4.74 Å². The number of carbonyl (C=O) groups excluding carboxylic acids is 2. The van der Waals surface area contributed by atoms with Gasteiger partial charge in [-0.3, -0.25) is 14.9 Å². The summed E-state index contributed by atoms with van der Waals surface area (Å²) in [7, 11) is 0.614. The highest BCUT2D eigenvalue weighted by atomic mass is 16.7. The third-order valence-corrected chi connectivity index (χ3v) is 5.89. The Bertz CT molecular complexity index is 1130. The maximum atomic E-state index is 12.8. The van der Waals surface area contributed by atoms with Gasteiger partial charge in [-0.25, -0.2) is 4.79 Å². The van der Waals surface area contributed by atoms with Crippen molar-refractivity contribution >= 4 is 36.1 Å². The van der Waals surface area contributed by atoms with Gasteiger partial charge in [-0.05, 0) is 56.9 Å². The summed E-state index contributed by atoms with van der Waals surface area (Å²) in [5.74, 6) is -1.03. The van der Waals surface area contributed by atoms with E-state index in [1.807, 2.05) is 33.8 Å². The first-order valence-corrected chi connectivity index (χ1v) is 10.6. The Morgan fingerprint density at radius 1 is 1.09 bits per heavy atom. The van der Waals surface area contributed by atoms with Crippen molar-refractivity contribution in [2.75, 3.05) is 13.7 Å². The lowest BCUT2D eigenvalue weighted by molar-refractivity contribution is -0.385. The normalized spacial score (nSPS) is 16.4. The number of hydrogen-bond donors (Lipinski definition) is 0. The highest BCUT2D eigenvalue weighted by molar-refractivity contribution is 6.62. The second-order valence-corrected chi connectivity index (χ2v) is 8.77. The smallest absolute Gasteiger partial charge is 0.478 e. The summed E-state index contributed by atoms with van der Waals surface area (Å²) in [6, 6.07) is 10.9. The highest BCUT2D eigenvalue weighted by Crippen LogP contribution is 2.36. The van der Waals surface area contributed by atoms with Crippen LogP contribution in [-0.2, 0) is 18.8 Å². The van der Waals surface area contributed by atoms with Crippen LogP contribution in [-0.4, -0.2) is 48.7 Å². The fraction of sp³-hybridized carbons (Fsp3) is 0.333. The largest absolute Gasteiger partial charge is 0.494 e. The maximum absolute atomic E-state index is 12.8. The zero-order valence-electron chi connectivity index (χ0n) is 19.7. The quantitative estimate of drug-likeness (QED) is 0.145. The molecule has 34 heavy (non-hydrogen) atoms. The van der Waals surface area contributed by atoms with E-state index in [0.29, 0.717) is 16.6 Å². The molecular weight excluding hydrogens is 441 g/mol.